The van der Waals surface area contributed by atoms with Crippen molar-refractivity contribution >= 4 is 19.6 Å². The first kappa shape index (κ1) is 23.3. The molecule has 0 amide bonds. The lowest BCUT2D eigenvalue weighted by Crippen LogP contribution is -2.41. The van der Waals surface area contributed by atoms with E-state index in [1.807, 2.05) is 0 Å². The number of fused-ring (bicyclic) bond motifs is 1. The Bertz CT molecular complexity index is 738. The average molecular weight is 442 g/mol. The number of aryl methyl sites for hydroxylation is 1. The third kappa shape index (κ3) is 7.09. The molecule has 2 aliphatic rings. The van der Waals surface area contributed by atoms with Gasteiger partial charge in [0.05, 0.1) is 6.61 Å². The van der Waals surface area contributed by atoms with E-state index in [9.17, 15) is 4.57 Å². The predicted molar refractivity (Wildman–Crippen MR) is 120 cm³/mol. The van der Waals surface area contributed by atoms with Crippen LogP contribution in [-0.2, 0) is 21.9 Å². The topological polar surface area (TPSA) is 92.8 Å². The van der Waals surface area contributed by atoms with Gasteiger partial charge in [-0.15, -0.1) is 0 Å². The first-order valence-corrected chi connectivity index (χ1v) is 13.5. The minimum absolute atomic E-state index is 0.0884. The highest BCUT2D eigenvalue weighted by atomic mass is 32.2. The summed E-state index contributed by atoms with van der Waals surface area (Å²) < 4.78 is 15.7. The molecule has 164 valence electrons. The number of hydrogen-bond acceptors (Lipinski definition) is 4. The minimum Gasteiger partial charge on any atom is -0.323 e. The van der Waals surface area contributed by atoms with Gasteiger partial charge in [-0.3, -0.25) is 4.52 Å². The molecular weight excluding hydrogens is 405 g/mol. The quantitative estimate of drug-likeness (QED) is 0.382. The zero-order valence-electron chi connectivity index (χ0n) is 17.7. The molecule has 1 aromatic carbocycles. The summed E-state index contributed by atoms with van der Waals surface area (Å²) in [6, 6.07) is 6.91. The Labute approximate surface area is 179 Å². The van der Waals surface area contributed by atoms with Crippen LogP contribution in [0.3, 0.4) is 0 Å². The van der Waals surface area contributed by atoms with E-state index in [1.165, 1.54) is 47.5 Å². The number of phosphoric ester groups is 1. The first-order valence-electron chi connectivity index (χ1n) is 10.8. The molecule has 4 N–H and O–H groups in total. The van der Waals surface area contributed by atoms with Gasteiger partial charge in [-0.25, -0.2) is 4.57 Å². The summed E-state index contributed by atoms with van der Waals surface area (Å²) in [5, 5.41) is 0. The zero-order chi connectivity index (χ0) is 21.1. The van der Waals surface area contributed by atoms with Gasteiger partial charge in [0.25, 0.3) is 0 Å². The fourth-order valence-electron chi connectivity index (χ4n) is 4.60. The second kappa shape index (κ2) is 9.84. The molecule has 0 heterocycles. The Morgan fingerprint density at radius 2 is 2.10 bits per heavy atom. The van der Waals surface area contributed by atoms with Gasteiger partial charge in [0.2, 0.25) is 0 Å². The molecule has 0 spiro atoms. The van der Waals surface area contributed by atoms with Crippen LogP contribution in [0.4, 0.5) is 0 Å². The normalized spacial score (nSPS) is 27.4. The van der Waals surface area contributed by atoms with Gasteiger partial charge in [-0.1, -0.05) is 32.0 Å². The van der Waals surface area contributed by atoms with Crippen molar-refractivity contribution in [2.24, 2.45) is 17.6 Å². The second-order valence-corrected chi connectivity index (χ2v) is 11.8. The summed E-state index contributed by atoms with van der Waals surface area (Å²) in [4.78, 5) is 17.9. The van der Waals surface area contributed by atoms with Crippen LogP contribution in [0.5, 0.6) is 0 Å². The van der Waals surface area contributed by atoms with E-state index in [0.29, 0.717) is 12.3 Å². The summed E-state index contributed by atoms with van der Waals surface area (Å²) >= 11 is 2.11. The van der Waals surface area contributed by atoms with Crippen LogP contribution in [0.1, 0.15) is 68.6 Å². The molecule has 0 saturated heterocycles. The van der Waals surface area contributed by atoms with Crippen LogP contribution in [-0.4, -0.2) is 33.4 Å². The molecule has 1 fully saturated rings. The number of thioether (sulfide) groups is 1. The van der Waals surface area contributed by atoms with Crippen LogP contribution in [0, 0.1) is 11.8 Å². The van der Waals surface area contributed by atoms with E-state index >= 15 is 0 Å². The van der Waals surface area contributed by atoms with E-state index < -0.39 is 13.4 Å². The molecule has 0 bridgehead atoms. The average Bonchev–Trinajstić information content (AvgIpc) is 3.05. The Morgan fingerprint density at radius 1 is 1.31 bits per heavy atom. The van der Waals surface area contributed by atoms with Gasteiger partial charge < -0.3 is 15.5 Å². The highest BCUT2D eigenvalue weighted by Gasteiger charge is 2.38. The van der Waals surface area contributed by atoms with E-state index in [-0.39, 0.29) is 6.61 Å². The molecule has 3 rings (SSSR count). The highest BCUT2D eigenvalue weighted by Crippen LogP contribution is 2.44. The van der Waals surface area contributed by atoms with Gasteiger partial charge in [0.1, 0.15) is 0 Å². The minimum atomic E-state index is -4.47. The largest absolute Gasteiger partial charge is 0.469 e. The van der Waals surface area contributed by atoms with E-state index in [1.54, 1.807) is 0 Å². The zero-order valence-corrected chi connectivity index (χ0v) is 19.4. The maximum Gasteiger partial charge on any atom is 0.469 e. The number of nitrogens with two attached hydrogens (primary N) is 1. The summed E-state index contributed by atoms with van der Waals surface area (Å²) in [6.07, 6.45) is 7.29. The fraction of sp³-hybridized carbons (Fsp3) is 0.727. The summed E-state index contributed by atoms with van der Waals surface area (Å²) in [6.45, 7) is 4.49. The van der Waals surface area contributed by atoms with Crippen molar-refractivity contribution in [3.8, 4) is 0 Å². The molecule has 1 saturated carbocycles. The Hall–Kier alpha value is -0.360. The Balaban J connectivity index is 1.53. The van der Waals surface area contributed by atoms with Crippen molar-refractivity contribution in [2.75, 3.05) is 18.1 Å². The van der Waals surface area contributed by atoms with E-state index in [0.717, 1.165) is 31.1 Å². The summed E-state index contributed by atoms with van der Waals surface area (Å²) in [7, 11) is -4.47. The van der Waals surface area contributed by atoms with Crippen molar-refractivity contribution < 1.29 is 18.9 Å². The number of hydrogen-bond donors (Lipinski definition) is 3. The molecule has 5 nitrogen and oxygen atoms in total. The van der Waals surface area contributed by atoms with Gasteiger partial charge in [0.15, 0.2) is 0 Å². The van der Waals surface area contributed by atoms with Crippen molar-refractivity contribution in [1.29, 1.82) is 0 Å². The maximum atomic E-state index is 11.0. The molecule has 29 heavy (non-hydrogen) atoms. The molecule has 0 aliphatic heterocycles. The summed E-state index contributed by atoms with van der Waals surface area (Å²) in [5.74, 6) is 4.47. The van der Waals surface area contributed by atoms with Gasteiger partial charge in [0, 0.05) is 5.54 Å². The van der Waals surface area contributed by atoms with E-state index in [4.69, 9.17) is 20.0 Å². The van der Waals surface area contributed by atoms with Crippen LogP contribution < -0.4 is 5.73 Å². The summed E-state index contributed by atoms with van der Waals surface area (Å²) in [5.41, 5.74) is 9.99. The number of phosphoric acid groups is 1. The van der Waals surface area contributed by atoms with Crippen molar-refractivity contribution in [3.05, 3.63) is 34.9 Å². The monoisotopic (exact) mass is 441 g/mol. The highest BCUT2D eigenvalue weighted by molar-refractivity contribution is 7.99. The predicted octanol–water partition coefficient (Wildman–Crippen LogP) is 4.65. The fourth-order valence-corrected chi connectivity index (χ4v) is 6.45. The Morgan fingerprint density at radius 3 is 2.83 bits per heavy atom. The van der Waals surface area contributed by atoms with Gasteiger partial charge >= 0.3 is 7.82 Å². The standard InChI is InChI=1S/C22H36NO4PS/c1-16(2)8-10-29-14-17-3-4-19-12-20(6-5-18(19)11-17)21-7-9-22(23,13-21)15-27-28(24,25)26/h5-6,12,16-17,21H,3-4,7-11,13-15,23H2,1-2H3,(H2,24,25,26)/t17-,21-,22+/m0/s1. The Kier molecular flexibility index (Phi) is 7.91. The molecule has 1 aromatic rings. The van der Waals surface area contributed by atoms with Crippen LogP contribution in [0.25, 0.3) is 0 Å². The lowest BCUT2D eigenvalue weighted by molar-refractivity contribution is 0.153. The number of rotatable bonds is 9. The first-order chi connectivity index (χ1) is 13.6. The molecular formula is C22H36NO4PS. The number of benzene rings is 1. The molecule has 3 atom stereocenters. The lowest BCUT2D eigenvalue weighted by atomic mass is 9.82. The molecule has 0 aromatic heterocycles. The van der Waals surface area contributed by atoms with Crippen molar-refractivity contribution in [1.82, 2.24) is 0 Å². The second-order valence-electron chi connectivity index (χ2n) is 9.46. The third-order valence-electron chi connectivity index (χ3n) is 6.39. The molecule has 0 unspecified atom stereocenters. The van der Waals surface area contributed by atoms with Crippen molar-refractivity contribution in [3.63, 3.8) is 0 Å². The molecule has 7 heteroatoms. The van der Waals surface area contributed by atoms with Crippen LogP contribution in [0.15, 0.2) is 18.2 Å². The van der Waals surface area contributed by atoms with E-state index in [2.05, 4.69) is 43.8 Å². The molecule has 0 radical (unpaired) electrons. The van der Waals surface area contributed by atoms with Crippen LogP contribution in [0.2, 0.25) is 0 Å². The maximum absolute atomic E-state index is 11.0. The SMILES string of the molecule is CC(C)CCSC[C@H]1CCc2cc([C@H]3CC[C@](N)(COP(=O)(O)O)C3)ccc2C1. The van der Waals surface area contributed by atoms with Gasteiger partial charge in [-0.05, 0) is 90.9 Å². The van der Waals surface area contributed by atoms with Crippen LogP contribution >= 0.6 is 19.6 Å². The molecule has 2 aliphatic carbocycles. The smallest absolute Gasteiger partial charge is 0.323 e. The third-order valence-corrected chi connectivity index (χ3v) is 8.09. The lowest BCUT2D eigenvalue weighted by Gasteiger charge is -2.26. The van der Waals surface area contributed by atoms with Crippen molar-refractivity contribution in [2.45, 2.75) is 70.3 Å². The van der Waals surface area contributed by atoms with Gasteiger partial charge in [-0.2, -0.15) is 11.8 Å².